The van der Waals surface area contributed by atoms with Crippen LogP contribution >= 0.6 is 0 Å². The van der Waals surface area contributed by atoms with E-state index in [0.29, 0.717) is 49.9 Å². The lowest BCUT2D eigenvalue weighted by Crippen LogP contribution is -2.45. The lowest BCUT2D eigenvalue weighted by atomic mass is 10.0. The van der Waals surface area contributed by atoms with Crippen molar-refractivity contribution in [3.8, 4) is 0 Å². The molecule has 3 atom stereocenters. The van der Waals surface area contributed by atoms with Gasteiger partial charge in [-0.25, -0.2) is 19.9 Å². The van der Waals surface area contributed by atoms with Crippen molar-refractivity contribution in [3.05, 3.63) is 41.3 Å². The van der Waals surface area contributed by atoms with Gasteiger partial charge >= 0.3 is 0 Å². The normalized spacial score (nSPS) is 22.4. The number of carbonyl (C=O) groups is 1. The highest BCUT2D eigenvalue weighted by atomic mass is 16.3. The number of aliphatic hydroxyl groups excluding tert-OH is 2. The summed E-state index contributed by atoms with van der Waals surface area (Å²) in [5, 5.41) is 27.1. The molecule has 3 aromatic rings. The Balaban J connectivity index is 1.22. The van der Waals surface area contributed by atoms with E-state index in [2.05, 4.69) is 20.5 Å². The van der Waals surface area contributed by atoms with Gasteiger partial charge in [0.15, 0.2) is 5.82 Å². The third kappa shape index (κ3) is 5.01. The minimum Gasteiger partial charge on any atom is -0.392 e. The molecular weight excluding hydrogens is 484 g/mol. The predicted octanol–water partition coefficient (Wildman–Crippen LogP) is 1.81. The Bertz CT molecular complexity index is 1340. The molecule has 0 spiro atoms. The average molecular weight is 519 g/mol. The molecule has 11 nitrogen and oxygen atoms in total. The van der Waals surface area contributed by atoms with Crippen molar-refractivity contribution in [2.75, 3.05) is 36.4 Å². The second kappa shape index (κ2) is 10.4. The number of hydrogen-bond acceptors (Lipinski definition) is 10. The number of fused-ring (bicyclic) bond motifs is 2. The van der Waals surface area contributed by atoms with Crippen LogP contribution < -0.4 is 15.5 Å². The molecule has 4 N–H and O–H groups in total. The maximum absolute atomic E-state index is 12.9. The van der Waals surface area contributed by atoms with Crippen molar-refractivity contribution < 1.29 is 15.0 Å². The maximum Gasteiger partial charge on any atom is 0.240 e. The van der Waals surface area contributed by atoms with Gasteiger partial charge in [-0.2, -0.15) is 0 Å². The van der Waals surface area contributed by atoms with E-state index in [4.69, 9.17) is 15.0 Å². The third-order valence-corrected chi connectivity index (χ3v) is 7.66. The minimum atomic E-state index is -0.673. The molecule has 0 bridgehead atoms. The van der Waals surface area contributed by atoms with E-state index in [0.717, 1.165) is 53.9 Å². The molecule has 2 fully saturated rings. The molecule has 6 heterocycles. The zero-order valence-corrected chi connectivity index (χ0v) is 21.6. The van der Waals surface area contributed by atoms with E-state index in [1.807, 2.05) is 23.1 Å². The summed E-state index contributed by atoms with van der Waals surface area (Å²) in [7, 11) is 0. The molecule has 3 aliphatic rings. The second-order valence-corrected chi connectivity index (χ2v) is 10.5. The molecule has 0 radical (unpaired) electrons. The van der Waals surface area contributed by atoms with Crippen molar-refractivity contribution in [1.29, 1.82) is 0 Å². The Morgan fingerprint density at radius 1 is 1.16 bits per heavy atom. The number of nitrogens with one attached hydrogen (secondary N) is 2. The molecule has 2 saturated heterocycles. The molecule has 0 aromatic carbocycles. The zero-order chi connectivity index (χ0) is 26.2. The van der Waals surface area contributed by atoms with Gasteiger partial charge in [0.1, 0.15) is 11.3 Å². The summed E-state index contributed by atoms with van der Waals surface area (Å²) in [4.78, 5) is 35.8. The molecular formula is C27H34N8O3. The summed E-state index contributed by atoms with van der Waals surface area (Å²) in [6.07, 6.45) is 5.19. The molecule has 200 valence electrons. The van der Waals surface area contributed by atoms with Gasteiger partial charge in [-0.1, -0.05) is 6.07 Å². The van der Waals surface area contributed by atoms with E-state index in [1.165, 1.54) is 6.42 Å². The van der Waals surface area contributed by atoms with Gasteiger partial charge in [-0.15, -0.1) is 0 Å². The summed E-state index contributed by atoms with van der Waals surface area (Å²) in [6, 6.07) is 5.42. The van der Waals surface area contributed by atoms with Crippen molar-refractivity contribution in [2.45, 2.75) is 63.8 Å². The number of aliphatic hydroxyl groups is 2. The summed E-state index contributed by atoms with van der Waals surface area (Å²) >= 11 is 0. The SMILES string of the molecule is C[C@@H](O)c1cc2cnc(Nc3ccc4c(n3)CCN(C(=O)[C@H]3C[C@H](O)CN3)C4)nc2c(N2CCCCC2)n1. The summed E-state index contributed by atoms with van der Waals surface area (Å²) in [6.45, 7) is 5.13. The predicted molar refractivity (Wildman–Crippen MR) is 143 cm³/mol. The van der Waals surface area contributed by atoms with Crippen LogP contribution in [0.15, 0.2) is 24.4 Å². The third-order valence-electron chi connectivity index (χ3n) is 7.66. The van der Waals surface area contributed by atoms with Crippen molar-refractivity contribution in [1.82, 2.24) is 30.2 Å². The monoisotopic (exact) mass is 518 g/mol. The topological polar surface area (TPSA) is 140 Å². The first-order valence-electron chi connectivity index (χ1n) is 13.5. The number of rotatable bonds is 5. The highest BCUT2D eigenvalue weighted by Gasteiger charge is 2.33. The number of pyridine rings is 2. The van der Waals surface area contributed by atoms with Crippen LogP contribution in [0.5, 0.6) is 0 Å². The van der Waals surface area contributed by atoms with Crippen LogP contribution in [-0.4, -0.2) is 79.3 Å². The Morgan fingerprint density at radius 3 is 2.76 bits per heavy atom. The van der Waals surface area contributed by atoms with E-state index in [-0.39, 0.29) is 11.9 Å². The van der Waals surface area contributed by atoms with Crippen LogP contribution in [0.25, 0.3) is 10.9 Å². The number of β-amino-alcohol motifs (C(OH)–C–C–N with tert-alkyl or cyclic N) is 1. The van der Waals surface area contributed by atoms with Crippen LogP contribution in [0, 0.1) is 0 Å². The minimum absolute atomic E-state index is 0.0378. The number of piperidine rings is 1. The average Bonchev–Trinajstić information content (AvgIpc) is 3.38. The second-order valence-electron chi connectivity index (χ2n) is 10.5. The van der Waals surface area contributed by atoms with E-state index >= 15 is 0 Å². The van der Waals surface area contributed by atoms with Crippen LogP contribution in [0.2, 0.25) is 0 Å². The van der Waals surface area contributed by atoms with Crippen LogP contribution in [0.3, 0.4) is 0 Å². The van der Waals surface area contributed by atoms with Crippen LogP contribution in [0.4, 0.5) is 17.6 Å². The van der Waals surface area contributed by atoms with Gasteiger partial charge in [0, 0.05) is 56.4 Å². The molecule has 38 heavy (non-hydrogen) atoms. The maximum atomic E-state index is 12.9. The Morgan fingerprint density at radius 2 is 2.00 bits per heavy atom. The molecule has 3 aromatic heterocycles. The smallest absolute Gasteiger partial charge is 0.240 e. The van der Waals surface area contributed by atoms with Gasteiger partial charge < -0.3 is 30.6 Å². The molecule has 6 rings (SSSR count). The highest BCUT2D eigenvalue weighted by molar-refractivity contribution is 5.89. The molecule has 11 heteroatoms. The number of aromatic nitrogens is 4. The number of amides is 1. The van der Waals surface area contributed by atoms with Gasteiger partial charge in [0.05, 0.1) is 23.9 Å². The van der Waals surface area contributed by atoms with Crippen molar-refractivity contribution >= 4 is 34.4 Å². The first kappa shape index (κ1) is 24.9. The number of hydrogen-bond donors (Lipinski definition) is 4. The van der Waals surface area contributed by atoms with Crippen molar-refractivity contribution in [3.63, 3.8) is 0 Å². The Labute approximate surface area is 221 Å². The molecule has 0 saturated carbocycles. The zero-order valence-electron chi connectivity index (χ0n) is 21.6. The first-order valence-corrected chi connectivity index (χ1v) is 13.5. The Hall–Kier alpha value is -3.41. The fraction of sp³-hybridized carbons (Fsp3) is 0.519. The van der Waals surface area contributed by atoms with Gasteiger partial charge in [-0.05, 0) is 50.3 Å². The standard InChI is InChI=1S/C27H34N8O3/c1-16(36)21-11-18-13-29-27(33-24(18)25(31-21)34-8-3-2-4-9-34)32-23-6-5-17-15-35(10-7-20(17)30-23)26(38)22-12-19(37)14-28-22/h5-6,11,13,16,19,22,28,36-37H,2-4,7-10,12,14-15H2,1H3,(H,29,30,32,33)/t16-,19+,22-/m1/s1. The van der Waals surface area contributed by atoms with Crippen LogP contribution in [-0.2, 0) is 17.8 Å². The number of nitrogens with zero attached hydrogens (tertiary/aromatic N) is 6. The molecule has 0 unspecified atom stereocenters. The lowest BCUT2D eigenvalue weighted by molar-refractivity contribution is -0.134. The fourth-order valence-electron chi connectivity index (χ4n) is 5.56. The summed E-state index contributed by atoms with van der Waals surface area (Å²) < 4.78 is 0. The van der Waals surface area contributed by atoms with Gasteiger partial charge in [0.25, 0.3) is 0 Å². The Kier molecular flexibility index (Phi) is 6.81. The highest BCUT2D eigenvalue weighted by Crippen LogP contribution is 2.30. The summed E-state index contributed by atoms with van der Waals surface area (Å²) in [5.41, 5.74) is 3.35. The fourth-order valence-corrected chi connectivity index (χ4v) is 5.56. The van der Waals surface area contributed by atoms with Crippen LogP contribution in [0.1, 0.15) is 55.7 Å². The first-order chi connectivity index (χ1) is 18.4. The van der Waals surface area contributed by atoms with Gasteiger partial charge in [0.2, 0.25) is 11.9 Å². The largest absolute Gasteiger partial charge is 0.392 e. The molecule has 1 amide bonds. The van der Waals surface area contributed by atoms with E-state index in [9.17, 15) is 15.0 Å². The summed E-state index contributed by atoms with van der Waals surface area (Å²) in [5.74, 6) is 1.91. The number of carbonyl (C=O) groups excluding carboxylic acids is 1. The van der Waals surface area contributed by atoms with E-state index in [1.54, 1.807) is 13.1 Å². The molecule has 3 aliphatic heterocycles. The molecule has 0 aliphatic carbocycles. The lowest BCUT2D eigenvalue weighted by Gasteiger charge is -2.30. The van der Waals surface area contributed by atoms with Gasteiger partial charge in [-0.3, -0.25) is 4.79 Å². The number of anilines is 3. The van der Waals surface area contributed by atoms with E-state index < -0.39 is 12.2 Å². The quantitative estimate of drug-likeness (QED) is 0.395. The van der Waals surface area contributed by atoms with Crippen molar-refractivity contribution in [2.24, 2.45) is 0 Å².